The summed E-state index contributed by atoms with van der Waals surface area (Å²) in [6, 6.07) is 3.54. The van der Waals surface area contributed by atoms with E-state index in [9.17, 15) is 18.4 Å². The van der Waals surface area contributed by atoms with E-state index in [0.717, 1.165) is 64.1 Å². The second-order valence-electron chi connectivity index (χ2n) is 7.12. The number of amides is 2. The Labute approximate surface area is 157 Å². The quantitative estimate of drug-likeness (QED) is 0.782. The van der Waals surface area contributed by atoms with Gasteiger partial charge in [-0.25, -0.2) is 8.78 Å². The highest BCUT2D eigenvalue weighted by Gasteiger charge is 2.27. The number of likely N-dealkylation sites (tertiary alicyclic amines) is 1. The lowest BCUT2D eigenvalue weighted by atomic mass is 9.94. The summed E-state index contributed by atoms with van der Waals surface area (Å²) < 4.78 is 31.4. The molecule has 0 saturated carbocycles. The molecule has 8 heteroatoms. The van der Waals surface area contributed by atoms with Crippen molar-refractivity contribution in [2.24, 2.45) is 5.92 Å². The highest BCUT2D eigenvalue weighted by Crippen LogP contribution is 2.22. The van der Waals surface area contributed by atoms with Gasteiger partial charge in [-0.3, -0.25) is 9.59 Å². The van der Waals surface area contributed by atoms with Gasteiger partial charge in [-0.2, -0.15) is 0 Å². The van der Waals surface area contributed by atoms with Gasteiger partial charge in [-0.15, -0.1) is 0 Å². The molecule has 0 atom stereocenters. The summed E-state index contributed by atoms with van der Waals surface area (Å²) in [5, 5.41) is 4.91. The number of hydrogen-bond donors (Lipinski definition) is 2. The number of halogens is 2. The molecule has 0 bridgehead atoms. The molecule has 1 aromatic carbocycles. The predicted octanol–water partition coefficient (Wildman–Crippen LogP) is 1.91. The minimum Gasteiger partial charge on any atom is -0.381 e. The van der Waals surface area contributed by atoms with Gasteiger partial charge in [0.1, 0.15) is 0 Å². The molecule has 3 rings (SSSR count). The van der Waals surface area contributed by atoms with Crippen molar-refractivity contribution >= 4 is 17.5 Å². The van der Waals surface area contributed by atoms with Gasteiger partial charge in [0.15, 0.2) is 11.6 Å². The van der Waals surface area contributed by atoms with Crippen LogP contribution in [-0.2, 0) is 14.3 Å². The zero-order valence-electron chi connectivity index (χ0n) is 15.2. The van der Waals surface area contributed by atoms with Crippen molar-refractivity contribution in [2.75, 3.05) is 38.2 Å². The Morgan fingerprint density at radius 2 is 1.74 bits per heavy atom. The molecule has 0 spiro atoms. The Bertz CT molecular complexity index is 672. The number of nitrogens with zero attached hydrogens (tertiary/aromatic N) is 1. The van der Waals surface area contributed by atoms with E-state index < -0.39 is 23.4 Å². The molecule has 2 fully saturated rings. The molecule has 2 aliphatic heterocycles. The van der Waals surface area contributed by atoms with Crippen LogP contribution < -0.4 is 10.6 Å². The van der Waals surface area contributed by atoms with Crippen molar-refractivity contribution in [3.8, 4) is 0 Å². The van der Waals surface area contributed by atoms with Gasteiger partial charge in [0, 0.05) is 37.6 Å². The lowest BCUT2D eigenvalue weighted by molar-refractivity contribution is -0.136. The second kappa shape index (κ2) is 9.23. The van der Waals surface area contributed by atoms with Crippen LogP contribution in [0, 0.1) is 17.6 Å². The van der Waals surface area contributed by atoms with Crippen molar-refractivity contribution in [1.29, 1.82) is 0 Å². The van der Waals surface area contributed by atoms with Gasteiger partial charge in [-0.05, 0) is 56.8 Å². The maximum atomic E-state index is 13.1. The van der Waals surface area contributed by atoms with Crippen molar-refractivity contribution in [2.45, 2.75) is 31.7 Å². The number of rotatable bonds is 4. The molecule has 0 aliphatic carbocycles. The maximum Gasteiger partial charge on any atom is 0.313 e. The summed E-state index contributed by atoms with van der Waals surface area (Å²) in [6.45, 7) is 4.08. The summed E-state index contributed by atoms with van der Waals surface area (Å²) in [5.41, 5.74) is 0.0406. The zero-order chi connectivity index (χ0) is 19.2. The summed E-state index contributed by atoms with van der Waals surface area (Å²) in [7, 11) is 0. The fourth-order valence-electron chi connectivity index (χ4n) is 3.65. The Hall–Kier alpha value is -2.06. The summed E-state index contributed by atoms with van der Waals surface area (Å²) in [5.74, 6) is -3.41. The van der Waals surface area contributed by atoms with Crippen LogP contribution in [0.4, 0.5) is 14.5 Å². The topological polar surface area (TPSA) is 70.7 Å². The SMILES string of the molecule is O=C(NCC1CCN(C2CCOCC2)CC1)C(=O)Nc1ccc(F)c(F)c1. The molecule has 148 valence electrons. The fraction of sp³-hybridized carbons (Fsp3) is 0.579. The van der Waals surface area contributed by atoms with Crippen LogP contribution in [-0.4, -0.2) is 55.6 Å². The van der Waals surface area contributed by atoms with E-state index in [2.05, 4.69) is 15.5 Å². The molecule has 1 aromatic rings. The van der Waals surface area contributed by atoms with Crippen molar-refractivity contribution < 1.29 is 23.1 Å². The summed E-state index contributed by atoms with van der Waals surface area (Å²) in [6.07, 6.45) is 4.10. The van der Waals surface area contributed by atoms with Gasteiger partial charge >= 0.3 is 11.8 Å². The molecule has 2 saturated heterocycles. The van der Waals surface area contributed by atoms with E-state index in [1.807, 2.05) is 0 Å². The number of ether oxygens (including phenoxy) is 1. The number of nitrogens with one attached hydrogen (secondary N) is 2. The molecular formula is C19H25F2N3O3. The third-order valence-electron chi connectivity index (χ3n) is 5.29. The third-order valence-corrected chi connectivity index (χ3v) is 5.29. The molecule has 2 amide bonds. The minimum atomic E-state index is -1.08. The molecule has 2 heterocycles. The molecule has 0 radical (unpaired) electrons. The first-order valence-electron chi connectivity index (χ1n) is 9.39. The lowest BCUT2D eigenvalue weighted by Crippen LogP contribution is -2.46. The van der Waals surface area contributed by atoms with Crippen LogP contribution in [0.3, 0.4) is 0 Å². The van der Waals surface area contributed by atoms with E-state index in [1.165, 1.54) is 6.07 Å². The van der Waals surface area contributed by atoms with Crippen LogP contribution >= 0.6 is 0 Å². The number of hydrogen-bond acceptors (Lipinski definition) is 4. The number of anilines is 1. The molecule has 2 aliphatic rings. The van der Waals surface area contributed by atoms with Crippen molar-refractivity contribution in [3.63, 3.8) is 0 Å². The minimum absolute atomic E-state index is 0.0406. The Kier molecular flexibility index (Phi) is 6.73. The first-order valence-corrected chi connectivity index (χ1v) is 9.39. The summed E-state index contributed by atoms with van der Waals surface area (Å²) in [4.78, 5) is 26.3. The first-order chi connectivity index (χ1) is 13.0. The van der Waals surface area contributed by atoms with E-state index in [0.29, 0.717) is 18.5 Å². The molecule has 27 heavy (non-hydrogen) atoms. The molecule has 0 unspecified atom stereocenters. The predicted molar refractivity (Wildman–Crippen MR) is 96.1 cm³/mol. The maximum absolute atomic E-state index is 13.1. The van der Waals surface area contributed by atoms with E-state index in [4.69, 9.17) is 4.74 Å². The van der Waals surface area contributed by atoms with Crippen LogP contribution in [0.15, 0.2) is 18.2 Å². The number of carbonyl (C=O) groups excluding carboxylic acids is 2. The van der Waals surface area contributed by atoms with Crippen LogP contribution in [0.2, 0.25) is 0 Å². The molecular weight excluding hydrogens is 356 g/mol. The van der Waals surface area contributed by atoms with Crippen molar-refractivity contribution in [3.05, 3.63) is 29.8 Å². The normalized spacial score (nSPS) is 19.6. The average molecular weight is 381 g/mol. The third kappa shape index (κ3) is 5.46. The smallest absolute Gasteiger partial charge is 0.313 e. The van der Waals surface area contributed by atoms with Crippen LogP contribution in [0.25, 0.3) is 0 Å². The summed E-state index contributed by atoms with van der Waals surface area (Å²) >= 11 is 0. The largest absolute Gasteiger partial charge is 0.381 e. The average Bonchev–Trinajstić information content (AvgIpc) is 2.70. The first kappa shape index (κ1) is 19.7. The number of benzene rings is 1. The standard InChI is InChI=1S/C19H25F2N3O3/c20-16-2-1-14(11-17(16)21)23-19(26)18(25)22-12-13-3-7-24(8-4-13)15-5-9-27-10-6-15/h1-2,11,13,15H,3-10,12H2,(H,22,25)(H,23,26). The molecule has 0 aromatic heterocycles. The fourth-order valence-corrected chi connectivity index (χ4v) is 3.65. The van der Waals surface area contributed by atoms with Crippen molar-refractivity contribution in [1.82, 2.24) is 10.2 Å². The van der Waals surface area contributed by atoms with Crippen LogP contribution in [0.5, 0.6) is 0 Å². The Morgan fingerprint density at radius 1 is 1.04 bits per heavy atom. The lowest BCUT2D eigenvalue weighted by Gasteiger charge is -2.39. The van der Waals surface area contributed by atoms with E-state index >= 15 is 0 Å². The van der Waals surface area contributed by atoms with Gasteiger partial charge in [-0.1, -0.05) is 0 Å². The number of piperidine rings is 1. The molecule has 2 N–H and O–H groups in total. The monoisotopic (exact) mass is 381 g/mol. The highest BCUT2D eigenvalue weighted by atomic mass is 19.2. The Balaban J connectivity index is 1.38. The second-order valence-corrected chi connectivity index (χ2v) is 7.12. The van der Waals surface area contributed by atoms with Gasteiger partial charge in [0.2, 0.25) is 0 Å². The highest BCUT2D eigenvalue weighted by molar-refractivity contribution is 6.39. The van der Waals surface area contributed by atoms with E-state index in [-0.39, 0.29) is 5.69 Å². The molecule has 6 nitrogen and oxygen atoms in total. The Morgan fingerprint density at radius 3 is 2.41 bits per heavy atom. The zero-order valence-corrected chi connectivity index (χ0v) is 15.2. The van der Waals surface area contributed by atoms with E-state index in [1.54, 1.807) is 0 Å². The number of carbonyl (C=O) groups is 2. The van der Waals surface area contributed by atoms with Gasteiger partial charge < -0.3 is 20.3 Å². The van der Waals surface area contributed by atoms with Gasteiger partial charge in [0.25, 0.3) is 0 Å². The van der Waals surface area contributed by atoms with Gasteiger partial charge in [0.05, 0.1) is 0 Å². The van der Waals surface area contributed by atoms with Crippen LogP contribution in [0.1, 0.15) is 25.7 Å².